The number of carbonyl (C=O) groups excluding carboxylic acids is 6. The predicted molar refractivity (Wildman–Crippen MR) is 182 cm³/mol. The van der Waals surface area contributed by atoms with Crippen LogP contribution >= 0.6 is 0 Å². The topological polar surface area (TPSA) is 206 Å². The van der Waals surface area contributed by atoms with Crippen molar-refractivity contribution >= 4 is 35.8 Å². The molecule has 0 saturated carbocycles. The molecule has 0 aromatic heterocycles. The van der Waals surface area contributed by atoms with E-state index in [1.807, 2.05) is 6.92 Å². The predicted octanol–water partition coefficient (Wildman–Crippen LogP) is 1.77. The quantitative estimate of drug-likeness (QED) is 0.0505. The summed E-state index contributed by atoms with van der Waals surface area (Å²) in [5.74, 6) is -3.73. The molecule has 0 saturated heterocycles. The fraction of sp³-hybridized carbons (Fsp3) is 0.486. The standard InChI is InChI=1S/C21H32O9.C14H18O7/c1-5-18(22)28-12-9-25-15-21(8-4,16-26-10-13-29-19(23)6-2)17-27-11-14-30-20(24)7-3;1-4-11(16)19-8-14(7-15,9-20-12(17)5-2)10-21-13(18)6-3/h5-7H,1-3,8-17H2,4H3;4-6,15H,1-3,7-10H2. The third kappa shape index (κ3) is 24.8. The van der Waals surface area contributed by atoms with Crippen molar-refractivity contribution < 1.29 is 76.5 Å². The van der Waals surface area contributed by atoms with Crippen LogP contribution in [-0.4, -0.2) is 127 Å². The van der Waals surface area contributed by atoms with Crippen molar-refractivity contribution in [2.45, 2.75) is 13.3 Å². The number of aliphatic hydroxyl groups excluding tert-OH is 1. The Morgan fingerprint density at radius 1 is 0.431 bits per heavy atom. The molecule has 0 bridgehead atoms. The highest BCUT2D eigenvalue weighted by Gasteiger charge is 2.35. The smallest absolute Gasteiger partial charge is 0.330 e. The van der Waals surface area contributed by atoms with Gasteiger partial charge in [-0.15, -0.1) is 0 Å². The molecule has 0 spiro atoms. The maximum atomic E-state index is 11.1. The van der Waals surface area contributed by atoms with E-state index in [2.05, 4.69) is 39.5 Å². The van der Waals surface area contributed by atoms with Crippen LogP contribution in [-0.2, 0) is 71.4 Å². The Morgan fingerprint density at radius 2 is 0.686 bits per heavy atom. The highest BCUT2D eigenvalue weighted by Crippen LogP contribution is 2.24. The maximum Gasteiger partial charge on any atom is 0.330 e. The van der Waals surface area contributed by atoms with Crippen molar-refractivity contribution in [3.63, 3.8) is 0 Å². The van der Waals surface area contributed by atoms with Crippen LogP contribution in [0.1, 0.15) is 13.3 Å². The molecular formula is C35H50O16. The molecule has 0 aliphatic heterocycles. The van der Waals surface area contributed by atoms with Crippen LogP contribution in [0.4, 0.5) is 0 Å². The van der Waals surface area contributed by atoms with E-state index in [0.29, 0.717) is 6.42 Å². The largest absolute Gasteiger partial charge is 0.462 e. The molecule has 0 heterocycles. The molecular weight excluding hydrogens is 676 g/mol. The van der Waals surface area contributed by atoms with Crippen LogP contribution < -0.4 is 0 Å². The summed E-state index contributed by atoms with van der Waals surface area (Å²) in [7, 11) is 0. The van der Waals surface area contributed by atoms with Crippen molar-refractivity contribution in [3.8, 4) is 0 Å². The summed E-state index contributed by atoms with van der Waals surface area (Å²) in [6.07, 6.45) is 6.72. The SMILES string of the molecule is C=CC(=O)OCC(CO)(COC(=O)C=C)COC(=O)C=C.C=CC(=O)OCCOCC(CC)(COCCOC(=O)C=C)COCCOC(=O)C=C. The number of ether oxygens (including phenoxy) is 9. The van der Waals surface area contributed by atoms with Gasteiger partial charge in [-0.2, -0.15) is 0 Å². The van der Waals surface area contributed by atoms with E-state index in [4.69, 9.17) is 42.6 Å². The minimum Gasteiger partial charge on any atom is -0.462 e. The summed E-state index contributed by atoms with van der Waals surface area (Å²) < 4.78 is 46.0. The van der Waals surface area contributed by atoms with E-state index >= 15 is 0 Å². The number of rotatable bonds is 29. The average molecular weight is 727 g/mol. The first kappa shape index (κ1) is 48.2. The van der Waals surface area contributed by atoms with E-state index < -0.39 is 53.3 Å². The zero-order valence-corrected chi connectivity index (χ0v) is 29.2. The van der Waals surface area contributed by atoms with E-state index in [1.165, 1.54) is 0 Å². The summed E-state index contributed by atoms with van der Waals surface area (Å²) >= 11 is 0. The van der Waals surface area contributed by atoms with Crippen LogP contribution in [0.5, 0.6) is 0 Å². The summed E-state index contributed by atoms with van der Waals surface area (Å²) in [5, 5.41) is 9.48. The highest BCUT2D eigenvalue weighted by molar-refractivity contribution is 5.83. The maximum absolute atomic E-state index is 11.1. The first-order chi connectivity index (χ1) is 24.3. The van der Waals surface area contributed by atoms with E-state index in [9.17, 15) is 33.9 Å². The van der Waals surface area contributed by atoms with Crippen molar-refractivity contribution in [1.29, 1.82) is 0 Å². The minimum atomic E-state index is -1.28. The molecule has 0 radical (unpaired) electrons. The molecule has 0 atom stereocenters. The van der Waals surface area contributed by atoms with Gasteiger partial charge in [0.2, 0.25) is 0 Å². The van der Waals surface area contributed by atoms with Crippen LogP contribution in [0.2, 0.25) is 0 Å². The van der Waals surface area contributed by atoms with Crippen molar-refractivity contribution in [2.24, 2.45) is 10.8 Å². The lowest BCUT2D eigenvalue weighted by molar-refractivity contribution is -0.159. The van der Waals surface area contributed by atoms with Gasteiger partial charge < -0.3 is 47.7 Å². The Morgan fingerprint density at radius 3 is 0.902 bits per heavy atom. The van der Waals surface area contributed by atoms with Gasteiger partial charge in [0.05, 0.1) is 51.7 Å². The van der Waals surface area contributed by atoms with Crippen molar-refractivity contribution in [1.82, 2.24) is 0 Å². The van der Waals surface area contributed by atoms with Gasteiger partial charge in [0.1, 0.15) is 39.6 Å². The number of aliphatic hydroxyl groups is 1. The molecule has 0 fully saturated rings. The molecule has 51 heavy (non-hydrogen) atoms. The molecule has 1 N–H and O–H groups in total. The highest BCUT2D eigenvalue weighted by atomic mass is 16.6. The van der Waals surface area contributed by atoms with Gasteiger partial charge in [0, 0.05) is 41.9 Å². The van der Waals surface area contributed by atoms with Crippen LogP contribution in [0.15, 0.2) is 75.9 Å². The average Bonchev–Trinajstić information content (AvgIpc) is 3.16. The lowest BCUT2D eigenvalue weighted by atomic mass is 9.88. The fourth-order valence-electron chi connectivity index (χ4n) is 3.19. The number of esters is 6. The molecule has 16 heteroatoms. The van der Waals surface area contributed by atoms with Gasteiger partial charge in [-0.3, -0.25) is 0 Å². The summed E-state index contributed by atoms with van der Waals surface area (Å²) in [6, 6.07) is 0. The molecule has 0 aliphatic rings. The number of hydrogen-bond donors (Lipinski definition) is 1. The summed E-state index contributed by atoms with van der Waals surface area (Å²) in [4.78, 5) is 66.4. The van der Waals surface area contributed by atoms with Crippen LogP contribution in [0.3, 0.4) is 0 Å². The van der Waals surface area contributed by atoms with Crippen LogP contribution in [0, 0.1) is 10.8 Å². The lowest BCUT2D eigenvalue weighted by Gasteiger charge is -2.32. The van der Waals surface area contributed by atoms with Crippen LogP contribution in [0.25, 0.3) is 0 Å². The molecule has 0 aliphatic carbocycles. The Kier molecular flexibility index (Phi) is 28.3. The second kappa shape index (κ2) is 30.0. The molecule has 0 aromatic carbocycles. The summed E-state index contributed by atoms with van der Waals surface area (Å²) in [6.45, 7) is 21.8. The third-order valence-corrected chi connectivity index (χ3v) is 6.29. The first-order valence-corrected chi connectivity index (χ1v) is 15.4. The fourth-order valence-corrected chi connectivity index (χ4v) is 3.19. The Bertz CT molecular complexity index is 1020. The number of carbonyl (C=O) groups is 6. The molecule has 0 amide bonds. The monoisotopic (exact) mass is 726 g/mol. The molecule has 286 valence electrons. The molecule has 0 aromatic rings. The van der Waals surface area contributed by atoms with E-state index in [0.717, 1.165) is 36.5 Å². The molecule has 0 unspecified atom stereocenters. The van der Waals surface area contributed by atoms with Crippen molar-refractivity contribution in [3.05, 3.63) is 75.9 Å². The number of hydrogen-bond acceptors (Lipinski definition) is 16. The van der Waals surface area contributed by atoms with Gasteiger partial charge in [-0.05, 0) is 6.42 Å². The Hall–Kier alpha value is -4.90. The normalized spacial score (nSPS) is 10.5. The lowest BCUT2D eigenvalue weighted by Crippen LogP contribution is -2.42. The van der Waals surface area contributed by atoms with E-state index in [-0.39, 0.29) is 79.3 Å². The first-order valence-electron chi connectivity index (χ1n) is 15.4. The van der Waals surface area contributed by atoms with Gasteiger partial charge in [0.15, 0.2) is 0 Å². The second-order valence-corrected chi connectivity index (χ2v) is 10.2. The Balaban J connectivity index is 0. The second-order valence-electron chi connectivity index (χ2n) is 10.2. The Labute approximate surface area is 298 Å². The molecule has 16 nitrogen and oxygen atoms in total. The van der Waals surface area contributed by atoms with Crippen molar-refractivity contribution in [2.75, 3.05) is 85.9 Å². The van der Waals surface area contributed by atoms with Gasteiger partial charge in [0.25, 0.3) is 0 Å². The van der Waals surface area contributed by atoms with Gasteiger partial charge in [-0.1, -0.05) is 46.4 Å². The third-order valence-electron chi connectivity index (χ3n) is 6.29. The van der Waals surface area contributed by atoms with Gasteiger partial charge in [-0.25, -0.2) is 28.8 Å². The summed E-state index contributed by atoms with van der Waals surface area (Å²) in [5.41, 5.74) is -1.77. The zero-order chi connectivity index (χ0) is 39.0. The molecule has 0 rings (SSSR count). The van der Waals surface area contributed by atoms with E-state index in [1.54, 1.807) is 0 Å². The minimum absolute atomic E-state index is 0.0986. The zero-order valence-electron chi connectivity index (χ0n) is 29.2. The van der Waals surface area contributed by atoms with Gasteiger partial charge >= 0.3 is 35.8 Å².